The molecule has 2 fully saturated rings. The van der Waals surface area contributed by atoms with E-state index in [1.807, 2.05) is 42.5 Å². The van der Waals surface area contributed by atoms with Crippen LogP contribution in [-0.2, 0) is 26.0 Å². The van der Waals surface area contributed by atoms with Gasteiger partial charge < -0.3 is 10.2 Å². The van der Waals surface area contributed by atoms with Crippen LogP contribution in [-0.4, -0.2) is 71.4 Å². The van der Waals surface area contributed by atoms with Crippen LogP contribution in [0.3, 0.4) is 0 Å². The van der Waals surface area contributed by atoms with Crippen LogP contribution < -0.4 is 5.32 Å². The Bertz CT molecular complexity index is 1790. The summed E-state index contributed by atoms with van der Waals surface area (Å²) in [4.78, 5) is 46.0. The van der Waals surface area contributed by atoms with Crippen LogP contribution in [0.25, 0.3) is 11.1 Å². The number of nitrogens with zero attached hydrogens (tertiary/aromatic N) is 3. The fourth-order valence-electron chi connectivity index (χ4n) is 5.90. The van der Waals surface area contributed by atoms with Crippen LogP contribution in [0.5, 0.6) is 0 Å². The van der Waals surface area contributed by atoms with Crippen molar-refractivity contribution in [2.24, 2.45) is 0 Å². The molecule has 3 aromatic carbocycles. The zero-order valence-electron chi connectivity index (χ0n) is 23.5. The molecule has 44 heavy (non-hydrogen) atoms. The van der Waals surface area contributed by atoms with Gasteiger partial charge in [0.25, 0.3) is 15.9 Å². The minimum Gasteiger partial charge on any atom is -0.340 e. The fraction of sp³-hybridized carbons (Fsp3) is 0.212. The van der Waals surface area contributed by atoms with Gasteiger partial charge in [0.05, 0.1) is 12.6 Å². The van der Waals surface area contributed by atoms with Crippen molar-refractivity contribution in [1.82, 2.24) is 19.5 Å². The van der Waals surface area contributed by atoms with E-state index < -0.39 is 51.6 Å². The summed E-state index contributed by atoms with van der Waals surface area (Å²) in [6, 6.07) is 24.0. The summed E-state index contributed by atoms with van der Waals surface area (Å²) < 4.78 is 41.4. The monoisotopic (exact) mass is 612 g/mol. The van der Waals surface area contributed by atoms with Crippen molar-refractivity contribution in [3.63, 3.8) is 0 Å². The minimum absolute atomic E-state index is 0.0466. The summed E-state index contributed by atoms with van der Waals surface area (Å²) in [6.07, 6.45) is 1.67. The first-order valence-corrected chi connectivity index (χ1v) is 15.6. The molecule has 3 unspecified atom stereocenters. The molecule has 3 heterocycles. The number of ketones is 1. The van der Waals surface area contributed by atoms with Crippen molar-refractivity contribution in [2.45, 2.75) is 36.0 Å². The number of aromatic nitrogens is 1. The predicted molar refractivity (Wildman–Crippen MR) is 160 cm³/mol. The molecule has 2 aliphatic heterocycles. The van der Waals surface area contributed by atoms with Crippen molar-refractivity contribution < 1.29 is 27.2 Å². The molecule has 6 rings (SSSR count). The molecule has 2 amide bonds. The second kappa shape index (κ2) is 12.1. The molecular formula is C33H29FN4O5S. The zero-order chi connectivity index (χ0) is 30.8. The van der Waals surface area contributed by atoms with Gasteiger partial charge in [0, 0.05) is 24.7 Å². The van der Waals surface area contributed by atoms with E-state index in [4.69, 9.17) is 0 Å². The summed E-state index contributed by atoms with van der Waals surface area (Å²) in [5.41, 5.74) is 2.87. The number of halogens is 1. The number of nitrogens with one attached hydrogen (secondary N) is 1. The summed E-state index contributed by atoms with van der Waals surface area (Å²) in [7, 11) is -4.07. The molecule has 11 heteroatoms. The maximum atomic E-state index is 14.0. The number of Topliss-reactive ketones (excluding diaryl/α,β-unsaturated/α-hetero) is 1. The quantitative estimate of drug-likeness (QED) is 0.326. The van der Waals surface area contributed by atoms with Gasteiger partial charge >= 0.3 is 0 Å². The van der Waals surface area contributed by atoms with Crippen LogP contribution in [0, 0.1) is 5.82 Å². The second-order valence-corrected chi connectivity index (χ2v) is 12.7. The number of amides is 2. The molecule has 1 aromatic heterocycles. The molecule has 1 N–H and O–H groups in total. The summed E-state index contributed by atoms with van der Waals surface area (Å²) in [5, 5.41) is 2.65. The summed E-state index contributed by atoms with van der Waals surface area (Å²) in [5.74, 6) is -1.84. The predicted octanol–water partition coefficient (Wildman–Crippen LogP) is 3.47. The largest absolute Gasteiger partial charge is 0.340 e. The third kappa shape index (κ3) is 5.76. The summed E-state index contributed by atoms with van der Waals surface area (Å²) >= 11 is 0. The Labute approximate surface area is 254 Å². The van der Waals surface area contributed by atoms with Gasteiger partial charge in [-0.3, -0.25) is 14.4 Å². The Morgan fingerprint density at radius 3 is 2.27 bits per heavy atom. The normalized spacial score (nSPS) is 19.0. The van der Waals surface area contributed by atoms with Crippen LogP contribution in [0.4, 0.5) is 4.39 Å². The number of pyridine rings is 1. The van der Waals surface area contributed by atoms with Crippen LogP contribution in [0.1, 0.15) is 22.3 Å². The van der Waals surface area contributed by atoms with Gasteiger partial charge in [-0.25, -0.2) is 17.8 Å². The van der Waals surface area contributed by atoms with E-state index in [1.54, 1.807) is 24.3 Å². The molecule has 9 nitrogen and oxygen atoms in total. The van der Waals surface area contributed by atoms with Gasteiger partial charge in [-0.05, 0) is 59.5 Å². The lowest BCUT2D eigenvalue weighted by atomic mass is 10.0. The lowest BCUT2D eigenvalue weighted by Crippen LogP contribution is -2.53. The molecule has 0 spiro atoms. The number of sulfonamides is 1. The average molecular weight is 613 g/mol. The highest BCUT2D eigenvalue weighted by molar-refractivity contribution is 7.89. The van der Waals surface area contributed by atoms with Crippen molar-refractivity contribution in [2.75, 3.05) is 13.1 Å². The number of likely N-dealkylation sites (tertiary alicyclic amines) is 1. The van der Waals surface area contributed by atoms with Gasteiger partial charge in [-0.2, -0.15) is 4.31 Å². The Hall–Kier alpha value is -4.74. The lowest BCUT2D eigenvalue weighted by molar-refractivity contribution is -0.138. The molecule has 3 atom stereocenters. The third-order valence-electron chi connectivity index (χ3n) is 8.08. The molecule has 4 aromatic rings. The first-order chi connectivity index (χ1) is 21.2. The highest BCUT2D eigenvalue weighted by atomic mass is 32.2. The van der Waals surface area contributed by atoms with Gasteiger partial charge in [0.2, 0.25) is 5.91 Å². The van der Waals surface area contributed by atoms with Gasteiger partial charge in [-0.1, -0.05) is 60.7 Å². The van der Waals surface area contributed by atoms with E-state index in [-0.39, 0.29) is 31.0 Å². The van der Waals surface area contributed by atoms with E-state index in [9.17, 15) is 27.2 Å². The number of benzene rings is 3. The molecule has 2 aliphatic rings. The van der Waals surface area contributed by atoms with Gasteiger partial charge in [-0.15, -0.1) is 0 Å². The fourth-order valence-corrected chi connectivity index (χ4v) is 7.46. The maximum absolute atomic E-state index is 14.0. The van der Waals surface area contributed by atoms with E-state index in [0.29, 0.717) is 11.1 Å². The first kappa shape index (κ1) is 29.3. The molecule has 0 bridgehead atoms. The molecule has 0 saturated carbocycles. The highest BCUT2D eigenvalue weighted by Gasteiger charge is 2.54. The van der Waals surface area contributed by atoms with Crippen LogP contribution >= 0.6 is 0 Å². The number of carbonyl (C=O) groups excluding carboxylic acids is 3. The zero-order valence-corrected chi connectivity index (χ0v) is 24.4. The number of carbonyl (C=O) groups is 3. The third-order valence-corrected chi connectivity index (χ3v) is 9.87. The smallest absolute Gasteiger partial charge is 0.261 e. The van der Waals surface area contributed by atoms with E-state index in [1.165, 1.54) is 41.4 Å². The molecule has 0 radical (unpaired) electrons. The number of fused-ring (bicyclic) bond motifs is 1. The lowest BCUT2D eigenvalue weighted by Gasteiger charge is -2.28. The van der Waals surface area contributed by atoms with E-state index in [0.717, 1.165) is 15.4 Å². The number of rotatable bonds is 8. The second-order valence-electron chi connectivity index (χ2n) is 10.8. The van der Waals surface area contributed by atoms with Crippen molar-refractivity contribution in [1.29, 1.82) is 0 Å². The maximum Gasteiger partial charge on any atom is 0.261 e. The highest BCUT2D eigenvalue weighted by Crippen LogP contribution is 2.34. The number of hydrogen-bond acceptors (Lipinski definition) is 6. The van der Waals surface area contributed by atoms with E-state index in [2.05, 4.69) is 10.3 Å². The SMILES string of the molecule is O=C(NC(Cc1ccc(F)cc1)C(=O)N1CCC2C1C(=O)CN2S(=O)(=O)c1ccccn1)c1ccc(-c2ccccc2)cc1. The molecule has 2 saturated heterocycles. The topological polar surface area (TPSA) is 117 Å². The Morgan fingerprint density at radius 1 is 0.909 bits per heavy atom. The first-order valence-electron chi connectivity index (χ1n) is 14.2. The molecule has 224 valence electrons. The Kier molecular flexibility index (Phi) is 8.07. The Morgan fingerprint density at radius 2 is 1.59 bits per heavy atom. The van der Waals surface area contributed by atoms with Crippen LogP contribution in [0.15, 0.2) is 108 Å². The molecular weight excluding hydrogens is 583 g/mol. The van der Waals surface area contributed by atoms with Crippen molar-refractivity contribution >= 4 is 27.6 Å². The van der Waals surface area contributed by atoms with Crippen molar-refractivity contribution in [3.05, 3.63) is 120 Å². The summed E-state index contributed by atoms with van der Waals surface area (Å²) in [6.45, 7) is -0.240. The van der Waals surface area contributed by atoms with Gasteiger partial charge in [0.15, 0.2) is 10.8 Å². The standard InChI is InChI=1S/C33H29FN4O5S/c34-26-15-9-22(10-16-26)20-27(36-32(40)25-13-11-24(12-14-25)23-6-2-1-3-7-23)33(41)37-19-17-28-31(37)29(39)21-38(28)44(42,43)30-8-4-5-18-35-30/h1-16,18,27-28,31H,17,19-21H2,(H,36,40). The van der Waals surface area contributed by atoms with Crippen molar-refractivity contribution in [3.8, 4) is 11.1 Å². The van der Waals surface area contributed by atoms with Gasteiger partial charge in [0.1, 0.15) is 17.9 Å². The Balaban J connectivity index is 1.24. The van der Waals surface area contributed by atoms with Crippen LogP contribution in [0.2, 0.25) is 0 Å². The molecule has 0 aliphatic carbocycles. The number of hydrogen-bond donors (Lipinski definition) is 1. The average Bonchev–Trinajstić information content (AvgIpc) is 3.63. The van der Waals surface area contributed by atoms with E-state index >= 15 is 0 Å². The minimum atomic E-state index is -4.07.